The van der Waals surface area contributed by atoms with Gasteiger partial charge in [0.05, 0.1) is 5.69 Å². The Morgan fingerprint density at radius 1 is 1.00 bits per heavy atom. The monoisotopic (exact) mass is 346 g/mol. The van der Waals surface area contributed by atoms with Crippen molar-refractivity contribution < 1.29 is 4.79 Å². The highest BCUT2D eigenvalue weighted by atomic mass is 16.2. The minimum absolute atomic E-state index is 0.0796. The first kappa shape index (κ1) is 16.5. The summed E-state index contributed by atoms with van der Waals surface area (Å²) < 4.78 is 1.76. The van der Waals surface area contributed by atoms with E-state index in [1.807, 2.05) is 65.6 Å². The van der Waals surface area contributed by atoms with E-state index in [2.05, 4.69) is 17.0 Å². The van der Waals surface area contributed by atoms with Crippen LogP contribution in [0, 0.1) is 0 Å². The van der Waals surface area contributed by atoms with E-state index in [-0.39, 0.29) is 17.8 Å². The normalized spacial score (nSPS) is 17.3. The molecule has 0 aliphatic carbocycles. The summed E-state index contributed by atoms with van der Waals surface area (Å²) in [4.78, 5) is 19.6. The molecule has 0 spiro atoms. The zero-order chi connectivity index (χ0) is 17.9. The Labute approximate surface area is 153 Å². The van der Waals surface area contributed by atoms with Gasteiger partial charge in [0, 0.05) is 18.2 Å². The van der Waals surface area contributed by atoms with Gasteiger partial charge in [0.15, 0.2) is 5.82 Å². The summed E-state index contributed by atoms with van der Waals surface area (Å²) >= 11 is 0. The maximum atomic E-state index is 13.0. The number of carbonyl (C=O) groups excluding carboxylic acids is 1. The Balaban J connectivity index is 1.77. The van der Waals surface area contributed by atoms with Crippen LogP contribution < -0.4 is 0 Å². The van der Waals surface area contributed by atoms with Crippen LogP contribution in [0.5, 0.6) is 0 Å². The first-order valence-electron chi connectivity index (χ1n) is 9.13. The van der Waals surface area contributed by atoms with Crippen molar-refractivity contribution >= 4 is 5.91 Å². The molecule has 1 fully saturated rings. The molecule has 2 heterocycles. The summed E-state index contributed by atoms with van der Waals surface area (Å²) in [5.41, 5.74) is 1.83. The molecule has 132 valence electrons. The lowest BCUT2D eigenvalue weighted by atomic mass is 10.0. The van der Waals surface area contributed by atoms with Crippen LogP contribution in [0.2, 0.25) is 0 Å². The lowest BCUT2D eigenvalue weighted by molar-refractivity contribution is 0.0623. The van der Waals surface area contributed by atoms with Crippen LogP contribution in [0.25, 0.3) is 17.1 Å². The summed E-state index contributed by atoms with van der Waals surface area (Å²) in [6.45, 7) is 2.88. The summed E-state index contributed by atoms with van der Waals surface area (Å²) in [6.07, 6.45) is 3.25. The molecule has 4 rings (SSSR count). The fourth-order valence-electron chi connectivity index (χ4n) is 3.45. The van der Waals surface area contributed by atoms with Crippen molar-refractivity contribution in [3.63, 3.8) is 0 Å². The highest BCUT2D eigenvalue weighted by Crippen LogP contribution is 2.23. The van der Waals surface area contributed by atoms with Gasteiger partial charge in [-0.3, -0.25) is 4.79 Å². The van der Waals surface area contributed by atoms with Gasteiger partial charge >= 0.3 is 0 Å². The molecule has 1 aromatic heterocycles. The molecule has 26 heavy (non-hydrogen) atoms. The van der Waals surface area contributed by atoms with Gasteiger partial charge in [-0.05, 0) is 38.3 Å². The minimum Gasteiger partial charge on any atom is -0.333 e. The lowest BCUT2D eigenvalue weighted by Crippen LogP contribution is -2.42. The van der Waals surface area contributed by atoms with Crippen molar-refractivity contribution in [2.24, 2.45) is 0 Å². The molecule has 0 N–H and O–H groups in total. The second kappa shape index (κ2) is 7.12. The number of carbonyl (C=O) groups is 1. The van der Waals surface area contributed by atoms with Gasteiger partial charge < -0.3 is 4.90 Å². The van der Waals surface area contributed by atoms with Gasteiger partial charge in [-0.2, -0.15) is 0 Å². The molecule has 0 saturated carbocycles. The van der Waals surface area contributed by atoms with E-state index in [1.165, 1.54) is 6.42 Å². The number of piperidine rings is 1. The quantitative estimate of drug-likeness (QED) is 0.721. The third-order valence-corrected chi connectivity index (χ3v) is 4.90. The minimum atomic E-state index is -0.0796. The molecular formula is C21H22N4O. The topological polar surface area (TPSA) is 51.0 Å². The van der Waals surface area contributed by atoms with Crippen LogP contribution in [0.3, 0.4) is 0 Å². The molecule has 0 radical (unpaired) electrons. The number of benzene rings is 2. The van der Waals surface area contributed by atoms with Crippen molar-refractivity contribution in [2.75, 3.05) is 6.54 Å². The van der Waals surface area contributed by atoms with Gasteiger partial charge in [-0.1, -0.05) is 48.5 Å². The van der Waals surface area contributed by atoms with E-state index >= 15 is 0 Å². The van der Waals surface area contributed by atoms with E-state index < -0.39 is 0 Å². The van der Waals surface area contributed by atoms with Gasteiger partial charge in [-0.15, -0.1) is 5.10 Å². The first-order valence-corrected chi connectivity index (χ1v) is 9.13. The van der Waals surface area contributed by atoms with E-state index in [9.17, 15) is 4.79 Å². The summed E-state index contributed by atoms with van der Waals surface area (Å²) in [5.74, 6) is 0.871. The standard InChI is InChI=1S/C21H22N4O/c1-16-10-8-9-15-24(16)21(26)19-22-20(17-11-4-2-5-12-17)25(23-19)18-13-6-3-7-14-18/h2-7,11-14,16H,8-10,15H2,1H3. The number of aromatic nitrogens is 3. The molecule has 1 aliphatic heterocycles. The van der Waals surface area contributed by atoms with Crippen molar-refractivity contribution in [1.29, 1.82) is 0 Å². The molecule has 5 heteroatoms. The fraction of sp³-hybridized carbons (Fsp3) is 0.286. The molecule has 0 bridgehead atoms. The van der Waals surface area contributed by atoms with E-state index in [1.54, 1.807) is 4.68 Å². The van der Waals surface area contributed by atoms with E-state index in [4.69, 9.17) is 0 Å². The third kappa shape index (κ3) is 3.12. The predicted molar refractivity (Wildman–Crippen MR) is 101 cm³/mol. The van der Waals surface area contributed by atoms with Crippen LogP contribution in [-0.2, 0) is 0 Å². The molecule has 1 amide bonds. The molecule has 1 atom stereocenters. The summed E-state index contributed by atoms with van der Waals surface area (Å²) in [7, 11) is 0. The maximum Gasteiger partial charge on any atom is 0.293 e. The predicted octanol–water partition coefficient (Wildman–Crippen LogP) is 3.95. The lowest BCUT2D eigenvalue weighted by Gasteiger charge is -2.32. The SMILES string of the molecule is CC1CCCCN1C(=O)c1nc(-c2ccccc2)n(-c2ccccc2)n1. The molecule has 1 aliphatic rings. The van der Waals surface area contributed by atoms with Crippen molar-refractivity contribution in [1.82, 2.24) is 19.7 Å². The highest BCUT2D eigenvalue weighted by Gasteiger charge is 2.28. The van der Waals surface area contributed by atoms with Crippen LogP contribution in [-0.4, -0.2) is 38.2 Å². The zero-order valence-corrected chi connectivity index (χ0v) is 14.9. The Hall–Kier alpha value is -2.95. The number of para-hydroxylation sites is 1. The third-order valence-electron chi connectivity index (χ3n) is 4.90. The number of rotatable bonds is 3. The summed E-state index contributed by atoms with van der Waals surface area (Å²) in [5, 5.41) is 4.58. The highest BCUT2D eigenvalue weighted by molar-refractivity contribution is 5.91. The van der Waals surface area contributed by atoms with Gasteiger partial charge in [0.25, 0.3) is 5.91 Å². The first-order chi connectivity index (χ1) is 12.7. The average molecular weight is 346 g/mol. The van der Waals surface area contributed by atoms with Crippen molar-refractivity contribution in [3.8, 4) is 17.1 Å². The van der Waals surface area contributed by atoms with Crippen LogP contribution >= 0.6 is 0 Å². The van der Waals surface area contributed by atoms with Crippen LogP contribution in [0.15, 0.2) is 60.7 Å². The number of nitrogens with zero attached hydrogens (tertiary/aromatic N) is 4. The molecule has 3 aromatic rings. The summed E-state index contributed by atoms with van der Waals surface area (Å²) in [6, 6.07) is 19.9. The zero-order valence-electron chi connectivity index (χ0n) is 14.9. The Bertz CT molecular complexity index is 832. The fourth-order valence-corrected chi connectivity index (χ4v) is 3.45. The molecule has 1 unspecified atom stereocenters. The number of hydrogen-bond acceptors (Lipinski definition) is 3. The van der Waals surface area contributed by atoms with Gasteiger partial charge in [0.1, 0.15) is 0 Å². The number of amides is 1. The largest absolute Gasteiger partial charge is 0.333 e. The van der Waals surface area contributed by atoms with Gasteiger partial charge in [-0.25, -0.2) is 9.67 Å². The molecular weight excluding hydrogens is 324 g/mol. The van der Waals surface area contributed by atoms with Gasteiger partial charge in [0.2, 0.25) is 5.82 Å². The molecule has 2 aromatic carbocycles. The van der Waals surface area contributed by atoms with Crippen LogP contribution in [0.1, 0.15) is 36.8 Å². The molecule has 1 saturated heterocycles. The van der Waals surface area contributed by atoms with Crippen molar-refractivity contribution in [3.05, 3.63) is 66.5 Å². The van der Waals surface area contributed by atoms with Crippen molar-refractivity contribution in [2.45, 2.75) is 32.2 Å². The van der Waals surface area contributed by atoms with E-state index in [0.717, 1.165) is 30.6 Å². The van der Waals surface area contributed by atoms with E-state index in [0.29, 0.717) is 5.82 Å². The number of likely N-dealkylation sites (tertiary alicyclic amines) is 1. The average Bonchev–Trinajstić information content (AvgIpc) is 3.15. The second-order valence-electron chi connectivity index (χ2n) is 6.72. The van der Waals surface area contributed by atoms with Crippen LogP contribution in [0.4, 0.5) is 0 Å². The Morgan fingerprint density at radius 3 is 2.38 bits per heavy atom. The Morgan fingerprint density at radius 2 is 1.69 bits per heavy atom. The maximum absolute atomic E-state index is 13.0. The smallest absolute Gasteiger partial charge is 0.293 e. The second-order valence-corrected chi connectivity index (χ2v) is 6.72. The molecule has 5 nitrogen and oxygen atoms in total. The Kier molecular flexibility index (Phi) is 4.52. The number of hydrogen-bond donors (Lipinski definition) is 0.